The Balaban J connectivity index is 2.96. The van der Waals surface area contributed by atoms with Crippen molar-refractivity contribution in [1.82, 2.24) is 0 Å². The van der Waals surface area contributed by atoms with Crippen LogP contribution in [-0.4, -0.2) is 34.5 Å². The summed E-state index contributed by atoms with van der Waals surface area (Å²) in [4.78, 5) is 24.3. The Morgan fingerprint density at radius 2 is 1.21 bits per heavy atom. The van der Waals surface area contributed by atoms with Gasteiger partial charge in [-0.2, -0.15) is 0 Å². The molecule has 0 radical (unpaired) electrons. The second-order valence-electron chi connectivity index (χ2n) is 6.89. The maximum absolute atomic E-state index is 12.2. The van der Waals surface area contributed by atoms with Gasteiger partial charge in [0.2, 0.25) is 0 Å². The van der Waals surface area contributed by atoms with Gasteiger partial charge in [0.05, 0.1) is 0 Å². The van der Waals surface area contributed by atoms with Gasteiger partial charge in [0, 0.05) is 0 Å². The molecule has 1 saturated heterocycles. The topological polar surface area (TPSA) is 91.2 Å². The molecule has 1 aliphatic heterocycles. The summed E-state index contributed by atoms with van der Waals surface area (Å²) in [5, 5.41) is 0. The summed E-state index contributed by atoms with van der Waals surface area (Å²) in [6.45, 7) is 11.6. The minimum atomic E-state index is -1.87. The zero-order valence-corrected chi connectivity index (χ0v) is 12.6. The molecular formula is C13H23NO5. The highest BCUT2D eigenvalue weighted by atomic mass is 16.7. The Bertz CT molecular complexity index is 372. The zero-order chi connectivity index (χ0) is 15.3. The molecule has 110 valence electrons. The number of esters is 2. The third-order valence-electron chi connectivity index (χ3n) is 2.40. The van der Waals surface area contributed by atoms with Crippen molar-refractivity contribution in [1.29, 1.82) is 0 Å². The zero-order valence-electron chi connectivity index (χ0n) is 12.6. The van der Waals surface area contributed by atoms with Gasteiger partial charge in [-0.25, -0.2) is 9.59 Å². The third-order valence-corrected chi connectivity index (χ3v) is 2.40. The van der Waals surface area contributed by atoms with E-state index >= 15 is 0 Å². The van der Waals surface area contributed by atoms with Crippen molar-refractivity contribution in [3.05, 3.63) is 0 Å². The van der Waals surface area contributed by atoms with Crippen LogP contribution in [0, 0.1) is 0 Å². The molecule has 0 aliphatic carbocycles. The van der Waals surface area contributed by atoms with Crippen LogP contribution in [0.5, 0.6) is 0 Å². The summed E-state index contributed by atoms with van der Waals surface area (Å²) < 4.78 is 15.5. The Morgan fingerprint density at radius 1 is 0.947 bits per heavy atom. The number of carbonyl (C=O) groups is 2. The van der Waals surface area contributed by atoms with Gasteiger partial charge in [0.15, 0.2) is 5.72 Å². The van der Waals surface area contributed by atoms with Gasteiger partial charge in [0.1, 0.15) is 11.2 Å². The van der Waals surface area contributed by atoms with Crippen LogP contribution in [0.3, 0.4) is 0 Å². The van der Waals surface area contributed by atoms with Gasteiger partial charge in [-0.1, -0.05) is 0 Å². The molecule has 1 heterocycles. The van der Waals surface area contributed by atoms with Gasteiger partial charge in [-0.05, 0) is 48.5 Å². The van der Waals surface area contributed by atoms with E-state index in [2.05, 4.69) is 0 Å². The number of hydrogen-bond acceptors (Lipinski definition) is 6. The van der Waals surface area contributed by atoms with E-state index in [4.69, 9.17) is 19.9 Å². The van der Waals surface area contributed by atoms with Gasteiger partial charge in [0.25, 0.3) is 0 Å². The first-order valence-electron chi connectivity index (χ1n) is 6.17. The maximum atomic E-state index is 12.2. The predicted molar refractivity (Wildman–Crippen MR) is 68.1 cm³/mol. The molecule has 0 amide bonds. The molecule has 0 spiro atoms. The fourth-order valence-electron chi connectivity index (χ4n) is 1.56. The number of nitrogens with two attached hydrogens (primary N) is 1. The molecule has 0 bridgehead atoms. The number of hydrogen-bond donors (Lipinski definition) is 1. The van der Waals surface area contributed by atoms with Crippen molar-refractivity contribution in [2.24, 2.45) is 5.73 Å². The lowest BCUT2D eigenvalue weighted by Crippen LogP contribution is -2.50. The molecule has 1 rings (SSSR count). The molecule has 1 aliphatic rings. The van der Waals surface area contributed by atoms with E-state index < -0.39 is 34.5 Å². The monoisotopic (exact) mass is 273 g/mol. The first-order chi connectivity index (χ1) is 8.21. The molecule has 0 unspecified atom stereocenters. The standard InChI is InChI=1S/C13H23NO5/c1-10(2,3)17-8(15)13(12(7,14)19-13)9(16)18-11(4,5)6/h14H2,1-7H3/t12-/m0/s1. The van der Waals surface area contributed by atoms with E-state index in [9.17, 15) is 9.59 Å². The highest BCUT2D eigenvalue weighted by molar-refractivity contribution is 6.08. The summed E-state index contributed by atoms with van der Waals surface area (Å²) in [5.41, 5.74) is 1.00. The molecule has 0 saturated carbocycles. The fraction of sp³-hybridized carbons (Fsp3) is 0.846. The Labute approximate surface area is 113 Å². The maximum Gasteiger partial charge on any atom is 0.355 e. The molecular weight excluding hydrogens is 250 g/mol. The van der Waals surface area contributed by atoms with E-state index in [0.29, 0.717) is 0 Å². The van der Waals surface area contributed by atoms with Crippen molar-refractivity contribution < 1.29 is 23.8 Å². The first-order valence-corrected chi connectivity index (χ1v) is 6.17. The SMILES string of the molecule is CC(C)(C)OC(=O)C1(C(=O)OC(C)(C)C)O[C@]1(C)N. The molecule has 1 fully saturated rings. The van der Waals surface area contributed by atoms with Crippen LogP contribution in [0.2, 0.25) is 0 Å². The second-order valence-corrected chi connectivity index (χ2v) is 6.89. The molecule has 0 aromatic rings. The van der Waals surface area contributed by atoms with Gasteiger partial charge in [-0.15, -0.1) is 0 Å². The van der Waals surface area contributed by atoms with Crippen LogP contribution in [0.4, 0.5) is 0 Å². The highest BCUT2D eigenvalue weighted by Gasteiger charge is 2.79. The van der Waals surface area contributed by atoms with Crippen molar-refractivity contribution >= 4 is 11.9 Å². The second kappa shape index (κ2) is 4.18. The largest absolute Gasteiger partial charge is 0.457 e. The van der Waals surface area contributed by atoms with Crippen molar-refractivity contribution in [2.75, 3.05) is 0 Å². The Hall–Kier alpha value is -1.14. The van der Waals surface area contributed by atoms with Crippen LogP contribution in [0.25, 0.3) is 0 Å². The summed E-state index contributed by atoms with van der Waals surface area (Å²) in [5.74, 6) is -1.64. The quantitative estimate of drug-likeness (QED) is 0.460. The number of rotatable bonds is 2. The van der Waals surface area contributed by atoms with Crippen LogP contribution in [-0.2, 0) is 23.8 Å². The Kier molecular flexibility index (Phi) is 3.50. The van der Waals surface area contributed by atoms with E-state index in [1.165, 1.54) is 6.92 Å². The van der Waals surface area contributed by atoms with E-state index in [1.807, 2.05) is 0 Å². The summed E-state index contributed by atoms with van der Waals surface area (Å²) in [7, 11) is 0. The van der Waals surface area contributed by atoms with Gasteiger partial charge < -0.3 is 19.9 Å². The minimum Gasteiger partial charge on any atom is -0.457 e. The first kappa shape index (κ1) is 15.9. The molecule has 2 N–H and O–H groups in total. The van der Waals surface area contributed by atoms with Gasteiger partial charge in [-0.3, -0.25) is 0 Å². The normalized spacial score (nSPS) is 25.7. The lowest BCUT2D eigenvalue weighted by molar-refractivity contribution is -0.176. The number of epoxide rings is 1. The van der Waals surface area contributed by atoms with E-state index in [0.717, 1.165) is 0 Å². The van der Waals surface area contributed by atoms with Crippen molar-refractivity contribution in [3.63, 3.8) is 0 Å². The highest BCUT2D eigenvalue weighted by Crippen LogP contribution is 2.46. The smallest absolute Gasteiger partial charge is 0.355 e. The van der Waals surface area contributed by atoms with E-state index in [-0.39, 0.29) is 0 Å². The Morgan fingerprint density at radius 3 is 1.37 bits per heavy atom. The molecule has 6 heteroatoms. The van der Waals surface area contributed by atoms with Crippen LogP contribution in [0.15, 0.2) is 0 Å². The third kappa shape index (κ3) is 3.25. The van der Waals surface area contributed by atoms with Crippen LogP contribution in [0.1, 0.15) is 48.5 Å². The molecule has 0 aromatic carbocycles. The number of carbonyl (C=O) groups excluding carboxylic acids is 2. The summed E-state index contributed by atoms with van der Waals surface area (Å²) in [6.07, 6.45) is 0. The predicted octanol–water partition coefficient (Wildman–Crippen LogP) is 1.11. The van der Waals surface area contributed by atoms with Crippen LogP contribution >= 0.6 is 0 Å². The summed E-state index contributed by atoms with van der Waals surface area (Å²) in [6, 6.07) is 0. The lowest BCUT2D eigenvalue weighted by Gasteiger charge is -2.25. The molecule has 19 heavy (non-hydrogen) atoms. The average molecular weight is 273 g/mol. The average Bonchev–Trinajstić information content (AvgIpc) is 2.64. The van der Waals surface area contributed by atoms with Crippen LogP contribution < -0.4 is 5.73 Å². The van der Waals surface area contributed by atoms with Gasteiger partial charge >= 0.3 is 17.5 Å². The number of ether oxygens (including phenoxy) is 3. The summed E-state index contributed by atoms with van der Waals surface area (Å²) >= 11 is 0. The van der Waals surface area contributed by atoms with Crippen molar-refractivity contribution in [3.8, 4) is 0 Å². The van der Waals surface area contributed by atoms with E-state index in [1.54, 1.807) is 41.5 Å². The molecule has 0 aromatic heterocycles. The fourth-order valence-corrected chi connectivity index (χ4v) is 1.56. The lowest BCUT2D eigenvalue weighted by atomic mass is 10.0. The van der Waals surface area contributed by atoms with Crippen molar-refractivity contribution in [2.45, 2.75) is 71.0 Å². The molecule has 6 nitrogen and oxygen atoms in total. The molecule has 1 atom stereocenters. The minimum absolute atomic E-state index is 0.742.